The average molecular weight is 274 g/mol. The first kappa shape index (κ1) is 15.1. The number of hydrogen-bond acceptors (Lipinski definition) is 0. The fourth-order valence-corrected chi connectivity index (χ4v) is 39.5. The lowest BCUT2D eigenvalue weighted by Gasteiger charge is -2.36. The van der Waals surface area contributed by atoms with Crippen molar-refractivity contribution in [1.82, 2.24) is 0 Å². The van der Waals surface area contributed by atoms with E-state index < -0.39 is 23.7 Å². The van der Waals surface area contributed by atoms with Crippen LogP contribution in [0.4, 0.5) is 0 Å². The molecule has 0 aliphatic carbocycles. The second-order valence-electron chi connectivity index (χ2n) is 7.16. The second kappa shape index (κ2) is 4.94. The average Bonchev–Trinajstić information content (AvgIpc) is 1.78. The van der Waals surface area contributed by atoms with Gasteiger partial charge in [-0.1, -0.05) is 57.2 Å². The van der Waals surface area contributed by atoms with Crippen LogP contribution in [0.2, 0.25) is 57.2 Å². The molecule has 5 heteroatoms. The highest BCUT2D eigenvalue weighted by Crippen LogP contribution is 2.26. The fourth-order valence-electron chi connectivity index (χ4n) is 2.49. The SMILES string of the molecule is C[Si](C)(C)C[Si](C)(C[Si](C)(C)C)[Si][Si]. The van der Waals surface area contributed by atoms with Crippen LogP contribution in [0.3, 0.4) is 0 Å². The standard InChI is InChI=1S/C9H25Si5/c1-12(2,3)8-14(7,11-10)9-13(4,5)6/h8-9H2,1-7H3. The summed E-state index contributed by atoms with van der Waals surface area (Å²) in [5.41, 5.74) is 3.21. The van der Waals surface area contributed by atoms with Gasteiger partial charge in [0.2, 0.25) is 0 Å². The molecule has 0 N–H and O–H groups in total. The molecule has 0 atom stereocenters. The van der Waals surface area contributed by atoms with Crippen LogP contribution in [0.1, 0.15) is 0 Å². The third-order valence-electron chi connectivity index (χ3n) is 2.14. The summed E-state index contributed by atoms with van der Waals surface area (Å²) in [5, 5.41) is 0. The Morgan fingerprint density at radius 1 is 0.786 bits per heavy atom. The highest BCUT2D eigenvalue weighted by Gasteiger charge is 2.35. The van der Waals surface area contributed by atoms with Crippen molar-refractivity contribution < 1.29 is 0 Å². The van der Waals surface area contributed by atoms with Gasteiger partial charge in [-0.25, -0.2) is 0 Å². The van der Waals surface area contributed by atoms with Crippen molar-refractivity contribution >= 4 is 42.1 Å². The maximum atomic E-state index is 3.86. The normalized spacial score (nSPS) is 14.6. The van der Waals surface area contributed by atoms with Gasteiger partial charge in [0.15, 0.2) is 0 Å². The van der Waals surface area contributed by atoms with Crippen molar-refractivity contribution in [1.29, 1.82) is 0 Å². The molecule has 0 aromatic heterocycles. The number of hydrogen-bond donors (Lipinski definition) is 0. The van der Waals surface area contributed by atoms with E-state index in [2.05, 4.69) is 55.6 Å². The minimum absolute atomic E-state index is 0.854. The topological polar surface area (TPSA) is 0 Å². The molecule has 0 nitrogen and oxygen atoms in total. The maximum absolute atomic E-state index is 3.86. The molecule has 14 heavy (non-hydrogen) atoms. The Labute approximate surface area is 99.1 Å². The molecule has 0 fully saturated rings. The van der Waals surface area contributed by atoms with Crippen LogP contribution >= 0.6 is 0 Å². The van der Waals surface area contributed by atoms with Gasteiger partial charge in [0.1, 0.15) is 0 Å². The summed E-state index contributed by atoms with van der Waals surface area (Å²) in [4.78, 5) is 0. The molecular weight excluding hydrogens is 249 g/mol. The highest BCUT2D eigenvalue weighted by atomic mass is 29.5. The van der Waals surface area contributed by atoms with Gasteiger partial charge >= 0.3 is 0 Å². The predicted molar refractivity (Wildman–Crippen MR) is 79.4 cm³/mol. The maximum Gasteiger partial charge on any atom is 0.0414 e. The smallest absolute Gasteiger partial charge is 0.0414 e. The van der Waals surface area contributed by atoms with Crippen molar-refractivity contribution in [2.75, 3.05) is 0 Å². The summed E-state index contributed by atoms with van der Waals surface area (Å²) in [6.45, 7) is 17.8. The molecule has 0 bridgehead atoms. The van der Waals surface area contributed by atoms with E-state index in [9.17, 15) is 0 Å². The lowest BCUT2D eigenvalue weighted by Crippen LogP contribution is -2.50. The Morgan fingerprint density at radius 3 is 1.21 bits per heavy atom. The first-order chi connectivity index (χ1) is 5.97. The second-order valence-corrected chi connectivity index (χ2v) is 30.2. The van der Waals surface area contributed by atoms with E-state index in [0.717, 1.165) is 8.55 Å². The lowest BCUT2D eigenvalue weighted by molar-refractivity contribution is 1.50. The highest BCUT2D eigenvalue weighted by molar-refractivity contribution is 7.43. The zero-order valence-electron chi connectivity index (χ0n) is 10.9. The minimum Gasteiger partial charge on any atom is -0.0721 e. The summed E-state index contributed by atoms with van der Waals surface area (Å²) in [6, 6.07) is 0. The third kappa shape index (κ3) is 7.39. The van der Waals surface area contributed by atoms with E-state index in [1.165, 1.54) is 0 Å². The van der Waals surface area contributed by atoms with Gasteiger partial charge in [-0.3, -0.25) is 0 Å². The molecule has 0 unspecified atom stereocenters. The first-order valence-corrected chi connectivity index (χ1v) is 19.2. The largest absolute Gasteiger partial charge is 0.0721 e. The summed E-state index contributed by atoms with van der Waals surface area (Å²) in [6.07, 6.45) is 0. The van der Waals surface area contributed by atoms with Gasteiger partial charge in [0, 0.05) is 42.1 Å². The zero-order valence-corrected chi connectivity index (χ0v) is 15.9. The van der Waals surface area contributed by atoms with E-state index in [1.54, 1.807) is 11.3 Å². The van der Waals surface area contributed by atoms with E-state index in [1.807, 2.05) is 0 Å². The van der Waals surface area contributed by atoms with Crippen LogP contribution < -0.4 is 0 Å². The molecular formula is C9H25Si5. The van der Waals surface area contributed by atoms with Gasteiger partial charge in [-0.2, -0.15) is 0 Å². The Hall–Kier alpha value is 1.08. The quantitative estimate of drug-likeness (QED) is 0.675. The minimum atomic E-state index is -0.929. The van der Waals surface area contributed by atoms with Gasteiger partial charge in [-0.05, 0) is 0 Å². The molecule has 0 saturated carbocycles. The molecule has 0 amide bonds. The van der Waals surface area contributed by atoms with Crippen molar-refractivity contribution in [3.05, 3.63) is 0 Å². The van der Waals surface area contributed by atoms with Crippen molar-refractivity contribution in [3.63, 3.8) is 0 Å². The molecule has 0 aliphatic rings. The fraction of sp³-hybridized carbons (Fsp3) is 1.00. The van der Waals surface area contributed by atoms with E-state index in [-0.39, 0.29) is 0 Å². The molecule has 81 valence electrons. The molecule has 0 saturated heterocycles. The molecule has 5 radical (unpaired) electrons. The molecule has 0 rings (SSSR count). The monoisotopic (exact) mass is 273 g/mol. The Bertz CT molecular complexity index is 161. The molecule has 0 heterocycles. The lowest BCUT2D eigenvalue weighted by atomic mass is 11.7. The molecule has 0 aromatic carbocycles. The van der Waals surface area contributed by atoms with E-state index in [0.29, 0.717) is 0 Å². The van der Waals surface area contributed by atoms with Crippen LogP contribution in [0.5, 0.6) is 0 Å². The summed E-state index contributed by atoms with van der Waals surface area (Å²) in [7, 11) is 2.29. The van der Waals surface area contributed by atoms with Crippen molar-refractivity contribution in [2.24, 2.45) is 0 Å². The molecule has 0 aliphatic heterocycles. The van der Waals surface area contributed by atoms with Crippen molar-refractivity contribution in [2.45, 2.75) is 57.2 Å². The van der Waals surface area contributed by atoms with Crippen LogP contribution in [0, 0.1) is 0 Å². The third-order valence-corrected chi connectivity index (χ3v) is 27.9. The van der Waals surface area contributed by atoms with Gasteiger partial charge in [0.25, 0.3) is 0 Å². The van der Waals surface area contributed by atoms with Crippen LogP contribution in [-0.4, -0.2) is 42.1 Å². The van der Waals surface area contributed by atoms with Crippen LogP contribution in [-0.2, 0) is 0 Å². The Kier molecular flexibility index (Phi) is 5.33. The van der Waals surface area contributed by atoms with Gasteiger partial charge in [-0.15, -0.1) is 0 Å². The van der Waals surface area contributed by atoms with Crippen LogP contribution in [0.25, 0.3) is 0 Å². The molecule has 0 aromatic rings. The summed E-state index contributed by atoms with van der Waals surface area (Å²) in [5.74, 6) is 0. The predicted octanol–water partition coefficient (Wildman–Crippen LogP) is 3.10. The Balaban J connectivity index is 4.49. The summed E-state index contributed by atoms with van der Waals surface area (Å²) >= 11 is 0. The van der Waals surface area contributed by atoms with Gasteiger partial charge in [0.05, 0.1) is 0 Å². The van der Waals surface area contributed by atoms with Crippen molar-refractivity contribution in [3.8, 4) is 0 Å². The molecule has 0 spiro atoms. The number of rotatable bonds is 5. The zero-order chi connectivity index (χ0) is 11.6. The van der Waals surface area contributed by atoms with E-state index in [4.69, 9.17) is 0 Å². The Morgan fingerprint density at radius 2 is 1.07 bits per heavy atom. The summed E-state index contributed by atoms with van der Waals surface area (Å²) < 4.78 is 0. The van der Waals surface area contributed by atoms with E-state index >= 15 is 0 Å². The first-order valence-electron chi connectivity index (χ1n) is 5.41. The van der Waals surface area contributed by atoms with Gasteiger partial charge < -0.3 is 0 Å². The van der Waals surface area contributed by atoms with Crippen LogP contribution in [0.15, 0.2) is 0 Å².